The van der Waals surface area contributed by atoms with Gasteiger partial charge in [-0.05, 0) is 39.8 Å². The van der Waals surface area contributed by atoms with E-state index in [-0.39, 0.29) is 10.4 Å². The van der Waals surface area contributed by atoms with Crippen molar-refractivity contribution in [2.75, 3.05) is 13.6 Å². The van der Waals surface area contributed by atoms with Crippen molar-refractivity contribution in [2.24, 2.45) is 0 Å². The summed E-state index contributed by atoms with van der Waals surface area (Å²) in [5.41, 5.74) is -0.243. The molecule has 0 radical (unpaired) electrons. The molecule has 0 aromatic carbocycles. The maximum Gasteiger partial charge on any atom is 0.244 e. The van der Waals surface area contributed by atoms with E-state index in [0.29, 0.717) is 6.54 Å². The number of nitrogens with zero attached hydrogens (tertiary/aromatic N) is 2. The first-order valence-electron chi connectivity index (χ1n) is 6.16. The summed E-state index contributed by atoms with van der Waals surface area (Å²) >= 11 is 0. The summed E-state index contributed by atoms with van der Waals surface area (Å²) in [7, 11) is -1.53. The van der Waals surface area contributed by atoms with Crippen molar-refractivity contribution in [3.8, 4) is 0 Å². The van der Waals surface area contributed by atoms with Crippen LogP contribution in [0.1, 0.15) is 26.2 Å². The summed E-state index contributed by atoms with van der Waals surface area (Å²) in [5.74, 6) is 0. The quantitative estimate of drug-likeness (QED) is 0.701. The molecule has 6 nitrogen and oxygen atoms in total. The first kappa shape index (κ1) is 13.5. The van der Waals surface area contributed by atoms with Crippen LogP contribution in [-0.2, 0) is 16.6 Å². The molecule has 102 valence electrons. The molecule has 0 spiro atoms. The van der Waals surface area contributed by atoms with Crippen LogP contribution < -0.4 is 10.0 Å². The van der Waals surface area contributed by atoms with Crippen LogP contribution >= 0.6 is 0 Å². The first-order chi connectivity index (χ1) is 8.45. The van der Waals surface area contributed by atoms with Gasteiger partial charge in [0.05, 0.1) is 6.20 Å². The SMILES string of the molecule is CNCCCn1cc(S(=O)(=O)NC2(C)CC2)cn1. The fraction of sp³-hybridized carbons (Fsp3) is 0.727. The van der Waals surface area contributed by atoms with Crippen LogP contribution in [0.2, 0.25) is 0 Å². The van der Waals surface area contributed by atoms with Crippen LogP contribution in [0.3, 0.4) is 0 Å². The van der Waals surface area contributed by atoms with Crippen molar-refractivity contribution in [1.82, 2.24) is 19.8 Å². The second kappa shape index (κ2) is 4.99. The van der Waals surface area contributed by atoms with Crippen LogP contribution in [0.15, 0.2) is 17.3 Å². The Hall–Kier alpha value is -0.920. The van der Waals surface area contributed by atoms with Gasteiger partial charge in [0.15, 0.2) is 0 Å². The van der Waals surface area contributed by atoms with E-state index in [0.717, 1.165) is 25.8 Å². The summed E-state index contributed by atoms with van der Waals surface area (Å²) in [6.07, 6.45) is 5.73. The van der Waals surface area contributed by atoms with E-state index < -0.39 is 10.0 Å². The molecule has 0 atom stereocenters. The molecule has 7 heteroatoms. The summed E-state index contributed by atoms with van der Waals surface area (Å²) < 4.78 is 28.5. The third-order valence-electron chi connectivity index (χ3n) is 3.11. The lowest BCUT2D eigenvalue weighted by molar-refractivity contribution is 0.553. The Labute approximate surface area is 108 Å². The van der Waals surface area contributed by atoms with E-state index in [2.05, 4.69) is 15.1 Å². The molecule has 0 aliphatic heterocycles. The van der Waals surface area contributed by atoms with E-state index in [1.165, 1.54) is 6.20 Å². The molecule has 1 saturated carbocycles. The van der Waals surface area contributed by atoms with Crippen molar-refractivity contribution in [3.05, 3.63) is 12.4 Å². The Morgan fingerprint density at radius 1 is 1.50 bits per heavy atom. The Morgan fingerprint density at radius 2 is 2.22 bits per heavy atom. The van der Waals surface area contributed by atoms with Crippen molar-refractivity contribution in [1.29, 1.82) is 0 Å². The molecule has 0 amide bonds. The van der Waals surface area contributed by atoms with Gasteiger partial charge in [0.25, 0.3) is 0 Å². The van der Waals surface area contributed by atoms with Crippen molar-refractivity contribution in [3.63, 3.8) is 0 Å². The zero-order valence-electron chi connectivity index (χ0n) is 10.8. The van der Waals surface area contributed by atoms with Gasteiger partial charge in [-0.2, -0.15) is 5.10 Å². The molecule has 2 N–H and O–H groups in total. The Kier molecular flexibility index (Phi) is 3.74. The summed E-state index contributed by atoms with van der Waals surface area (Å²) in [4.78, 5) is 0.250. The van der Waals surface area contributed by atoms with Gasteiger partial charge in [-0.3, -0.25) is 4.68 Å². The van der Waals surface area contributed by atoms with Crippen molar-refractivity contribution >= 4 is 10.0 Å². The minimum Gasteiger partial charge on any atom is -0.320 e. The number of aryl methyl sites for hydroxylation is 1. The minimum absolute atomic E-state index is 0.243. The van der Waals surface area contributed by atoms with Gasteiger partial charge in [0.2, 0.25) is 10.0 Å². The normalized spacial score (nSPS) is 17.9. The van der Waals surface area contributed by atoms with E-state index >= 15 is 0 Å². The van der Waals surface area contributed by atoms with E-state index in [1.54, 1.807) is 10.9 Å². The maximum atomic E-state index is 12.1. The largest absolute Gasteiger partial charge is 0.320 e. The Bertz CT molecular complexity index is 505. The Morgan fingerprint density at radius 3 is 2.83 bits per heavy atom. The third kappa shape index (κ3) is 3.30. The summed E-state index contributed by atoms with van der Waals surface area (Å²) in [5, 5.41) is 7.12. The third-order valence-corrected chi connectivity index (χ3v) is 4.71. The van der Waals surface area contributed by atoms with Crippen molar-refractivity contribution < 1.29 is 8.42 Å². The van der Waals surface area contributed by atoms with Gasteiger partial charge in [0, 0.05) is 18.3 Å². The van der Waals surface area contributed by atoms with Gasteiger partial charge < -0.3 is 5.32 Å². The molecule has 0 unspecified atom stereocenters. The number of hydrogen-bond donors (Lipinski definition) is 2. The summed E-state index contributed by atoms with van der Waals surface area (Å²) in [6.45, 7) is 3.52. The number of aromatic nitrogens is 2. The standard InChI is InChI=1S/C11H20N4O2S/c1-11(4-5-11)14-18(16,17)10-8-13-15(9-10)7-3-6-12-2/h8-9,12,14H,3-7H2,1-2H3. The smallest absolute Gasteiger partial charge is 0.244 e. The second-order valence-electron chi connectivity index (χ2n) is 5.06. The lowest BCUT2D eigenvalue weighted by Gasteiger charge is -2.10. The fourth-order valence-electron chi connectivity index (χ4n) is 1.70. The average molecular weight is 272 g/mol. The number of hydrogen-bond acceptors (Lipinski definition) is 4. The highest BCUT2D eigenvalue weighted by molar-refractivity contribution is 7.89. The van der Waals surface area contributed by atoms with Crippen LogP contribution in [0.25, 0.3) is 0 Å². The van der Waals surface area contributed by atoms with E-state index in [9.17, 15) is 8.42 Å². The predicted octanol–water partition coefficient (Wildman–Crippen LogP) is 0.323. The zero-order chi connectivity index (χ0) is 13.2. The monoisotopic (exact) mass is 272 g/mol. The fourth-order valence-corrected chi connectivity index (χ4v) is 3.11. The Balaban J connectivity index is 2.00. The molecule has 1 heterocycles. The molecular weight excluding hydrogens is 252 g/mol. The van der Waals surface area contributed by atoms with Crippen LogP contribution in [-0.4, -0.2) is 37.3 Å². The highest BCUT2D eigenvalue weighted by Gasteiger charge is 2.41. The van der Waals surface area contributed by atoms with Gasteiger partial charge in [-0.15, -0.1) is 0 Å². The minimum atomic E-state index is -3.41. The summed E-state index contributed by atoms with van der Waals surface area (Å²) in [6, 6.07) is 0. The lowest BCUT2D eigenvalue weighted by Crippen LogP contribution is -2.34. The molecule has 1 aliphatic carbocycles. The van der Waals surface area contributed by atoms with Gasteiger partial charge in [0.1, 0.15) is 4.90 Å². The zero-order valence-corrected chi connectivity index (χ0v) is 11.6. The highest BCUT2D eigenvalue weighted by Crippen LogP contribution is 2.35. The second-order valence-corrected chi connectivity index (χ2v) is 6.74. The molecular formula is C11H20N4O2S. The van der Waals surface area contributed by atoms with E-state index in [1.807, 2.05) is 14.0 Å². The highest BCUT2D eigenvalue weighted by atomic mass is 32.2. The van der Waals surface area contributed by atoms with Gasteiger partial charge in [-0.1, -0.05) is 0 Å². The topological polar surface area (TPSA) is 76.0 Å². The van der Waals surface area contributed by atoms with Crippen LogP contribution in [0.5, 0.6) is 0 Å². The molecule has 1 fully saturated rings. The lowest BCUT2D eigenvalue weighted by atomic mass is 10.4. The number of sulfonamides is 1. The maximum absolute atomic E-state index is 12.1. The molecule has 1 aromatic heterocycles. The average Bonchev–Trinajstić information content (AvgIpc) is 2.80. The number of rotatable bonds is 7. The van der Waals surface area contributed by atoms with Crippen LogP contribution in [0, 0.1) is 0 Å². The molecule has 2 rings (SSSR count). The van der Waals surface area contributed by atoms with Gasteiger partial charge >= 0.3 is 0 Å². The molecule has 1 aliphatic rings. The first-order valence-corrected chi connectivity index (χ1v) is 7.65. The molecule has 0 bridgehead atoms. The van der Waals surface area contributed by atoms with Crippen LogP contribution in [0.4, 0.5) is 0 Å². The number of nitrogens with one attached hydrogen (secondary N) is 2. The van der Waals surface area contributed by atoms with Gasteiger partial charge in [-0.25, -0.2) is 13.1 Å². The predicted molar refractivity (Wildman–Crippen MR) is 68.7 cm³/mol. The van der Waals surface area contributed by atoms with E-state index in [4.69, 9.17) is 0 Å². The molecule has 1 aromatic rings. The van der Waals surface area contributed by atoms with Crippen molar-refractivity contribution in [2.45, 2.75) is 43.2 Å². The molecule has 0 saturated heterocycles. The molecule has 18 heavy (non-hydrogen) atoms.